The molecule has 0 bridgehead atoms. The molecule has 0 radical (unpaired) electrons. The lowest BCUT2D eigenvalue weighted by Crippen LogP contribution is -2.47. The third-order valence-electron chi connectivity index (χ3n) is 6.00. The number of rotatable bonds is 4. The highest BCUT2D eigenvalue weighted by Gasteiger charge is 2.43. The second-order valence-corrected chi connectivity index (χ2v) is 7.89. The average molecular weight is 396 g/mol. The molecule has 2 aliphatic rings. The summed E-state index contributed by atoms with van der Waals surface area (Å²) in [4.78, 5) is 29.3. The summed E-state index contributed by atoms with van der Waals surface area (Å²) in [5.74, 6) is 0.774. The third kappa shape index (κ3) is 4.22. The third-order valence-corrected chi connectivity index (χ3v) is 6.00. The van der Waals surface area contributed by atoms with Gasteiger partial charge in [0.2, 0.25) is 11.8 Å². The molecule has 2 N–H and O–H groups in total. The molecule has 150 valence electrons. The number of amides is 2. The smallest absolute Gasteiger partial charge is 0.228 e. The number of carbonyl (C=O) groups excluding carboxylic acids is 2. The molecule has 0 aliphatic carbocycles. The lowest BCUT2D eigenvalue weighted by Gasteiger charge is -2.40. The summed E-state index contributed by atoms with van der Waals surface area (Å²) < 4.78 is 5.23. The van der Waals surface area contributed by atoms with E-state index in [0.29, 0.717) is 25.9 Å². The Morgan fingerprint density at radius 2 is 2.00 bits per heavy atom. The molecule has 0 saturated carbocycles. The summed E-state index contributed by atoms with van der Waals surface area (Å²) in [6.07, 6.45) is 1.94. The maximum absolute atomic E-state index is 13.3. The van der Waals surface area contributed by atoms with Crippen LogP contribution in [0.4, 0.5) is 0 Å². The maximum atomic E-state index is 13.3. The van der Waals surface area contributed by atoms with Crippen LogP contribution in [0.25, 0.3) is 0 Å². The van der Waals surface area contributed by atoms with Crippen LogP contribution in [-0.2, 0) is 9.59 Å². The first-order valence-corrected chi connectivity index (χ1v) is 9.27. The highest BCUT2D eigenvalue weighted by atomic mass is 35.5. The molecule has 3 rings (SSSR count). The van der Waals surface area contributed by atoms with Crippen LogP contribution < -0.4 is 10.5 Å². The zero-order chi connectivity index (χ0) is 18.9. The van der Waals surface area contributed by atoms with Gasteiger partial charge >= 0.3 is 0 Å². The van der Waals surface area contributed by atoms with Gasteiger partial charge in [0, 0.05) is 26.6 Å². The minimum absolute atomic E-state index is 0. The van der Waals surface area contributed by atoms with Gasteiger partial charge in [-0.05, 0) is 42.5 Å². The number of halogens is 1. The first-order valence-electron chi connectivity index (χ1n) is 9.27. The van der Waals surface area contributed by atoms with Crippen LogP contribution in [-0.4, -0.2) is 55.4 Å². The molecular weight excluding hydrogens is 366 g/mol. The van der Waals surface area contributed by atoms with Crippen LogP contribution >= 0.6 is 12.4 Å². The minimum Gasteiger partial charge on any atom is -0.497 e. The Bertz CT molecular complexity index is 682. The number of ether oxygens (including phenoxy) is 1. The van der Waals surface area contributed by atoms with Crippen LogP contribution in [0.1, 0.15) is 37.8 Å². The quantitative estimate of drug-likeness (QED) is 0.848. The van der Waals surface area contributed by atoms with E-state index in [1.807, 2.05) is 29.2 Å². The molecular formula is C20H30ClN3O3. The van der Waals surface area contributed by atoms with Gasteiger partial charge in [-0.3, -0.25) is 9.59 Å². The molecule has 2 heterocycles. The molecule has 0 spiro atoms. The highest BCUT2D eigenvalue weighted by molar-refractivity contribution is 5.85. The summed E-state index contributed by atoms with van der Waals surface area (Å²) in [6, 6.07) is 7.43. The number of nitrogens with zero attached hydrogens (tertiary/aromatic N) is 2. The van der Waals surface area contributed by atoms with Gasteiger partial charge in [-0.25, -0.2) is 0 Å². The number of likely N-dealkylation sites (tertiary alicyclic amines) is 2. The number of carbonyl (C=O) groups is 2. The van der Waals surface area contributed by atoms with Gasteiger partial charge in [-0.15, -0.1) is 12.4 Å². The fraction of sp³-hybridized carbons (Fsp3) is 0.600. The molecule has 1 aromatic carbocycles. The van der Waals surface area contributed by atoms with Crippen molar-refractivity contribution in [1.82, 2.24) is 9.80 Å². The van der Waals surface area contributed by atoms with Gasteiger partial charge in [0.05, 0.1) is 19.1 Å². The largest absolute Gasteiger partial charge is 0.497 e. The Kier molecular flexibility index (Phi) is 6.76. The molecule has 1 aromatic rings. The Balaban J connectivity index is 0.00000261. The Morgan fingerprint density at radius 3 is 2.56 bits per heavy atom. The van der Waals surface area contributed by atoms with E-state index >= 15 is 0 Å². The zero-order valence-electron chi connectivity index (χ0n) is 16.3. The zero-order valence-corrected chi connectivity index (χ0v) is 17.1. The van der Waals surface area contributed by atoms with Crippen molar-refractivity contribution >= 4 is 24.2 Å². The van der Waals surface area contributed by atoms with Gasteiger partial charge in [0.1, 0.15) is 5.75 Å². The Morgan fingerprint density at radius 1 is 1.33 bits per heavy atom. The van der Waals surface area contributed by atoms with Crippen molar-refractivity contribution in [3.05, 3.63) is 29.8 Å². The first-order chi connectivity index (χ1) is 12.4. The molecule has 2 saturated heterocycles. The molecule has 2 amide bonds. The topological polar surface area (TPSA) is 75.9 Å². The summed E-state index contributed by atoms with van der Waals surface area (Å²) in [5.41, 5.74) is 6.87. The number of nitrogens with two attached hydrogens (primary N) is 1. The fourth-order valence-corrected chi connectivity index (χ4v) is 4.17. The van der Waals surface area contributed by atoms with Gasteiger partial charge < -0.3 is 20.3 Å². The molecule has 2 aliphatic heterocycles. The van der Waals surface area contributed by atoms with E-state index in [-0.39, 0.29) is 41.6 Å². The van der Waals surface area contributed by atoms with Gasteiger partial charge in [0.15, 0.2) is 0 Å². The van der Waals surface area contributed by atoms with Crippen LogP contribution in [0.15, 0.2) is 24.3 Å². The SMILES string of the molecule is COc1ccc(C2C(C(=O)N3CCC(C)(CN)C3)CCC(=O)N2C)cc1.Cl. The van der Waals surface area contributed by atoms with Crippen LogP contribution in [0.5, 0.6) is 5.75 Å². The van der Waals surface area contributed by atoms with E-state index in [9.17, 15) is 9.59 Å². The molecule has 0 aromatic heterocycles. The van der Waals surface area contributed by atoms with E-state index in [1.165, 1.54) is 0 Å². The molecule has 7 heteroatoms. The van der Waals surface area contributed by atoms with E-state index in [0.717, 1.165) is 24.3 Å². The van der Waals surface area contributed by atoms with Gasteiger partial charge in [-0.2, -0.15) is 0 Å². The molecule has 3 atom stereocenters. The second-order valence-electron chi connectivity index (χ2n) is 7.89. The predicted molar refractivity (Wildman–Crippen MR) is 107 cm³/mol. The molecule has 6 nitrogen and oxygen atoms in total. The summed E-state index contributed by atoms with van der Waals surface area (Å²) in [5, 5.41) is 0. The van der Waals surface area contributed by atoms with Crippen LogP contribution in [0.2, 0.25) is 0 Å². The molecule has 2 fully saturated rings. The highest BCUT2D eigenvalue weighted by Crippen LogP contribution is 2.39. The van der Waals surface area contributed by atoms with Crippen molar-refractivity contribution in [3.63, 3.8) is 0 Å². The molecule has 3 unspecified atom stereocenters. The van der Waals surface area contributed by atoms with Gasteiger partial charge in [0.25, 0.3) is 0 Å². The number of hydrogen-bond donors (Lipinski definition) is 1. The number of hydrogen-bond acceptors (Lipinski definition) is 4. The van der Waals surface area contributed by atoms with Crippen molar-refractivity contribution in [3.8, 4) is 5.75 Å². The van der Waals surface area contributed by atoms with Crippen molar-refractivity contribution in [2.24, 2.45) is 17.1 Å². The normalized spacial score (nSPS) is 28.1. The summed E-state index contributed by atoms with van der Waals surface area (Å²) in [6.45, 7) is 4.17. The Hall–Kier alpha value is -1.79. The first kappa shape index (κ1) is 21.5. The van der Waals surface area contributed by atoms with Crippen molar-refractivity contribution in [1.29, 1.82) is 0 Å². The van der Waals surface area contributed by atoms with Crippen molar-refractivity contribution in [2.75, 3.05) is 33.8 Å². The van der Waals surface area contributed by atoms with E-state index in [1.54, 1.807) is 19.1 Å². The van der Waals surface area contributed by atoms with Crippen LogP contribution in [0, 0.1) is 11.3 Å². The summed E-state index contributed by atoms with van der Waals surface area (Å²) in [7, 11) is 3.42. The lowest BCUT2D eigenvalue weighted by molar-refractivity contribution is -0.146. The van der Waals surface area contributed by atoms with Gasteiger partial charge in [-0.1, -0.05) is 19.1 Å². The number of piperidine rings is 1. The minimum atomic E-state index is -0.237. The van der Waals surface area contributed by atoms with Crippen molar-refractivity contribution in [2.45, 2.75) is 32.2 Å². The predicted octanol–water partition coefficient (Wildman–Crippen LogP) is 2.22. The van der Waals surface area contributed by atoms with E-state index in [4.69, 9.17) is 10.5 Å². The lowest BCUT2D eigenvalue weighted by atomic mass is 9.83. The second kappa shape index (κ2) is 8.48. The van der Waals surface area contributed by atoms with Crippen LogP contribution in [0.3, 0.4) is 0 Å². The number of benzene rings is 1. The number of methoxy groups -OCH3 is 1. The average Bonchev–Trinajstić information content (AvgIpc) is 3.06. The van der Waals surface area contributed by atoms with Crippen molar-refractivity contribution < 1.29 is 14.3 Å². The maximum Gasteiger partial charge on any atom is 0.228 e. The molecule has 27 heavy (non-hydrogen) atoms. The standard InChI is InChI=1S/C20H29N3O3.ClH/c1-20(12-21)10-11-23(13-20)19(25)16-8-9-17(24)22(2)18(16)14-4-6-15(26-3)7-5-14;/h4-7,16,18H,8-13,21H2,1-3H3;1H. The van der Waals surface area contributed by atoms with E-state index in [2.05, 4.69) is 6.92 Å². The Labute approximate surface area is 167 Å². The van der Waals surface area contributed by atoms with E-state index < -0.39 is 0 Å². The fourth-order valence-electron chi connectivity index (χ4n) is 4.17. The monoisotopic (exact) mass is 395 g/mol. The summed E-state index contributed by atoms with van der Waals surface area (Å²) >= 11 is 0.